The average Bonchev–Trinajstić information content (AvgIpc) is 2.37. The number of hydrogen-bond donors (Lipinski definition) is 1. The molecule has 1 aliphatic rings. The highest BCUT2D eigenvalue weighted by Gasteiger charge is 2.33. The Labute approximate surface area is 126 Å². The first-order chi connectivity index (χ1) is 9.80. The lowest BCUT2D eigenvalue weighted by atomic mass is 10.2. The lowest BCUT2D eigenvalue weighted by Crippen LogP contribution is -2.46. The predicted molar refractivity (Wildman–Crippen MR) is 72.2 cm³/mol. The largest absolute Gasteiger partial charge is 0.481 e. The van der Waals surface area contributed by atoms with Gasteiger partial charge in [-0.2, -0.15) is 4.31 Å². The third-order valence-electron chi connectivity index (χ3n) is 3.02. The molecule has 21 heavy (non-hydrogen) atoms. The molecule has 1 aromatic rings. The van der Waals surface area contributed by atoms with Crippen LogP contribution >= 0.6 is 11.6 Å². The first kappa shape index (κ1) is 16.2. The Morgan fingerprint density at radius 3 is 2.86 bits per heavy atom. The van der Waals surface area contributed by atoms with Crippen molar-refractivity contribution in [3.05, 3.63) is 29.0 Å². The highest BCUT2D eigenvalue weighted by Crippen LogP contribution is 2.24. The van der Waals surface area contributed by atoms with Crippen LogP contribution in [0, 0.1) is 5.82 Å². The number of nitrogens with zero attached hydrogens (tertiary/aromatic N) is 1. The summed E-state index contributed by atoms with van der Waals surface area (Å²) in [7, 11) is -4.05. The monoisotopic (exact) mass is 337 g/mol. The summed E-state index contributed by atoms with van der Waals surface area (Å²) in [5.41, 5.74) is 0. The zero-order valence-corrected chi connectivity index (χ0v) is 12.4. The molecule has 116 valence electrons. The van der Waals surface area contributed by atoms with Gasteiger partial charge < -0.3 is 9.84 Å². The van der Waals surface area contributed by atoms with Crippen LogP contribution in [0.1, 0.15) is 6.42 Å². The first-order valence-corrected chi connectivity index (χ1v) is 7.91. The second kappa shape index (κ2) is 6.27. The number of morpholine rings is 1. The van der Waals surface area contributed by atoms with Crippen molar-refractivity contribution in [1.82, 2.24) is 4.31 Å². The van der Waals surface area contributed by atoms with E-state index in [-0.39, 0.29) is 31.1 Å². The number of rotatable bonds is 4. The summed E-state index contributed by atoms with van der Waals surface area (Å²) in [6.07, 6.45) is -1.06. The second-order valence-electron chi connectivity index (χ2n) is 4.53. The number of carbonyl (C=O) groups is 1. The maximum absolute atomic E-state index is 13.8. The molecule has 0 radical (unpaired) electrons. The third-order valence-corrected chi connectivity index (χ3v) is 5.15. The number of hydrogen-bond acceptors (Lipinski definition) is 4. The van der Waals surface area contributed by atoms with Crippen LogP contribution in [-0.2, 0) is 19.6 Å². The fourth-order valence-corrected chi connectivity index (χ4v) is 3.71. The van der Waals surface area contributed by atoms with Crippen LogP contribution in [0.4, 0.5) is 4.39 Å². The predicted octanol–water partition coefficient (Wildman–Crippen LogP) is 1.34. The van der Waals surface area contributed by atoms with Gasteiger partial charge >= 0.3 is 5.97 Å². The Bertz CT molecular complexity index is 651. The Balaban J connectivity index is 2.24. The van der Waals surface area contributed by atoms with Gasteiger partial charge in [0.2, 0.25) is 10.0 Å². The van der Waals surface area contributed by atoms with Crippen molar-refractivity contribution < 1.29 is 27.4 Å². The van der Waals surface area contributed by atoms with Crippen LogP contribution in [0.3, 0.4) is 0 Å². The summed E-state index contributed by atoms with van der Waals surface area (Å²) in [5, 5.41) is 8.82. The van der Waals surface area contributed by atoms with Gasteiger partial charge in [0, 0.05) is 18.1 Å². The van der Waals surface area contributed by atoms with Crippen molar-refractivity contribution in [3.63, 3.8) is 0 Å². The number of carboxylic acid groups (broad SMARTS) is 1. The van der Waals surface area contributed by atoms with Gasteiger partial charge in [0.1, 0.15) is 10.7 Å². The van der Waals surface area contributed by atoms with Crippen LogP contribution in [0.5, 0.6) is 0 Å². The number of aliphatic carboxylic acids is 1. The van der Waals surface area contributed by atoms with E-state index in [9.17, 15) is 17.6 Å². The average molecular weight is 338 g/mol. The molecule has 1 atom stereocenters. The fraction of sp³-hybridized carbons (Fsp3) is 0.417. The summed E-state index contributed by atoms with van der Waals surface area (Å²) in [6, 6.07) is 3.30. The Morgan fingerprint density at radius 1 is 1.52 bits per heavy atom. The van der Waals surface area contributed by atoms with Crippen molar-refractivity contribution in [2.45, 2.75) is 17.4 Å². The summed E-state index contributed by atoms with van der Waals surface area (Å²) in [4.78, 5) is 10.2. The number of halogens is 2. The minimum absolute atomic E-state index is 0.0422. The summed E-state index contributed by atoms with van der Waals surface area (Å²) in [5.74, 6) is -2.03. The second-order valence-corrected chi connectivity index (χ2v) is 6.87. The van der Waals surface area contributed by atoms with Crippen LogP contribution in [0.15, 0.2) is 23.1 Å². The number of carboxylic acids is 1. The van der Waals surface area contributed by atoms with Crippen molar-refractivity contribution in [1.29, 1.82) is 0 Å². The highest BCUT2D eigenvalue weighted by atomic mass is 35.5. The van der Waals surface area contributed by atoms with Gasteiger partial charge in [-0.3, -0.25) is 4.79 Å². The Morgan fingerprint density at radius 2 is 2.24 bits per heavy atom. The van der Waals surface area contributed by atoms with E-state index in [1.165, 1.54) is 6.07 Å². The smallest absolute Gasteiger partial charge is 0.306 e. The highest BCUT2D eigenvalue weighted by molar-refractivity contribution is 7.89. The summed E-state index contributed by atoms with van der Waals surface area (Å²) >= 11 is 5.60. The lowest BCUT2D eigenvalue weighted by Gasteiger charge is -2.31. The van der Waals surface area contributed by atoms with Gasteiger partial charge in [-0.05, 0) is 18.2 Å². The maximum Gasteiger partial charge on any atom is 0.306 e. The van der Waals surface area contributed by atoms with E-state index in [1.807, 2.05) is 0 Å². The van der Waals surface area contributed by atoms with Crippen molar-refractivity contribution >= 4 is 27.6 Å². The van der Waals surface area contributed by atoms with E-state index in [0.29, 0.717) is 0 Å². The molecule has 0 bridgehead atoms. The van der Waals surface area contributed by atoms with Crippen LogP contribution < -0.4 is 0 Å². The molecule has 9 heteroatoms. The molecule has 1 N–H and O–H groups in total. The van der Waals surface area contributed by atoms with Crippen molar-refractivity contribution in [3.8, 4) is 0 Å². The number of sulfonamides is 1. The maximum atomic E-state index is 13.8. The molecule has 1 fully saturated rings. The molecule has 1 unspecified atom stereocenters. The van der Waals surface area contributed by atoms with E-state index >= 15 is 0 Å². The Kier molecular flexibility index (Phi) is 4.82. The molecule has 1 heterocycles. The first-order valence-electron chi connectivity index (χ1n) is 6.09. The third kappa shape index (κ3) is 3.70. The molecule has 6 nitrogen and oxygen atoms in total. The van der Waals surface area contributed by atoms with Gasteiger partial charge in [-0.1, -0.05) is 11.6 Å². The van der Waals surface area contributed by atoms with E-state index in [0.717, 1.165) is 16.4 Å². The normalized spacial score (nSPS) is 20.4. The number of benzene rings is 1. The topological polar surface area (TPSA) is 83.9 Å². The molecular weight excluding hydrogens is 325 g/mol. The van der Waals surface area contributed by atoms with Crippen LogP contribution in [0.25, 0.3) is 0 Å². The van der Waals surface area contributed by atoms with Crippen LogP contribution in [0.2, 0.25) is 5.02 Å². The minimum atomic E-state index is -4.05. The zero-order chi connectivity index (χ0) is 15.6. The van der Waals surface area contributed by atoms with Gasteiger partial charge in [-0.15, -0.1) is 0 Å². The lowest BCUT2D eigenvalue weighted by molar-refractivity contribution is -0.141. The zero-order valence-electron chi connectivity index (χ0n) is 10.8. The molecule has 0 aliphatic carbocycles. The molecule has 0 aromatic heterocycles. The summed E-state index contributed by atoms with van der Waals surface area (Å²) in [6.45, 7) is -0.0242. The van der Waals surface area contributed by atoms with Crippen molar-refractivity contribution in [2.75, 3.05) is 19.7 Å². The minimum Gasteiger partial charge on any atom is -0.481 e. The molecule has 0 spiro atoms. The van der Waals surface area contributed by atoms with E-state index in [4.69, 9.17) is 21.4 Å². The van der Waals surface area contributed by atoms with E-state index in [1.54, 1.807) is 0 Å². The van der Waals surface area contributed by atoms with Crippen molar-refractivity contribution in [2.24, 2.45) is 0 Å². The molecular formula is C12H13ClFNO5S. The standard InChI is InChI=1S/C12H13ClFNO5S/c13-8-1-2-11(10(14)5-8)21(18,19)15-3-4-20-9(7-15)6-12(16)17/h1-2,5,9H,3-4,6-7H2,(H,16,17). The molecule has 1 aromatic carbocycles. The summed E-state index contributed by atoms with van der Waals surface area (Å²) < 4.78 is 44.8. The molecule has 0 amide bonds. The van der Waals surface area contributed by atoms with Crippen LogP contribution in [-0.4, -0.2) is 49.6 Å². The van der Waals surface area contributed by atoms with E-state index < -0.39 is 32.8 Å². The quantitative estimate of drug-likeness (QED) is 0.896. The van der Waals surface area contributed by atoms with Gasteiger partial charge in [0.15, 0.2) is 0 Å². The molecule has 2 rings (SSSR count). The van der Waals surface area contributed by atoms with Gasteiger partial charge in [-0.25, -0.2) is 12.8 Å². The van der Waals surface area contributed by atoms with E-state index in [2.05, 4.69) is 0 Å². The molecule has 1 saturated heterocycles. The number of ether oxygens (including phenoxy) is 1. The fourth-order valence-electron chi connectivity index (χ4n) is 2.05. The molecule has 0 saturated carbocycles. The molecule has 1 aliphatic heterocycles. The Hall–Kier alpha value is -1.22. The van der Waals surface area contributed by atoms with Gasteiger partial charge in [0.25, 0.3) is 0 Å². The SMILES string of the molecule is O=C(O)CC1CN(S(=O)(=O)c2ccc(Cl)cc2F)CCO1. The van der Waals surface area contributed by atoms with Gasteiger partial charge in [0.05, 0.1) is 19.1 Å².